The molecule has 7 heteroatoms. The normalized spacial score (nSPS) is 15.6. The van der Waals surface area contributed by atoms with Crippen LogP contribution in [0.4, 0.5) is 10.1 Å². The number of nitrogens with zero attached hydrogens (tertiary/aromatic N) is 1. The number of hydrogen-bond donors (Lipinski definition) is 3. The SMILES string of the molecule is O=C(N[C@H]1N=C(c2ccccc2F)c2ccccc2NC1=O)c1cc2ccccc2[nH]1. The molecule has 0 saturated carbocycles. The fourth-order valence-corrected chi connectivity index (χ4v) is 3.62. The zero-order chi connectivity index (χ0) is 21.4. The third-order valence-corrected chi connectivity index (χ3v) is 5.12. The van der Waals surface area contributed by atoms with Crippen molar-refractivity contribution in [3.63, 3.8) is 0 Å². The molecule has 1 aromatic heterocycles. The molecule has 31 heavy (non-hydrogen) atoms. The van der Waals surface area contributed by atoms with Crippen molar-refractivity contribution in [2.45, 2.75) is 6.17 Å². The number of benzene rings is 3. The number of amides is 2. The minimum Gasteiger partial charge on any atom is -0.351 e. The van der Waals surface area contributed by atoms with E-state index in [9.17, 15) is 14.0 Å². The molecule has 4 aromatic rings. The van der Waals surface area contributed by atoms with Gasteiger partial charge in [-0.3, -0.25) is 9.59 Å². The zero-order valence-electron chi connectivity index (χ0n) is 16.2. The molecule has 0 fully saturated rings. The van der Waals surface area contributed by atoms with E-state index in [2.05, 4.69) is 20.6 Å². The van der Waals surface area contributed by atoms with Gasteiger partial charge in [-0.2, -0.15) is 0 Å². The Kier molecular flexibility index (Phi) is 4.55. The lowest BCUT2D eigenvalue weighted by atomic mass is 10.0. The van der Waals surface area contributed by atoms with Crippen molar-refractivity contribution < 1.29 is 14.0 Å². The van der Waals surface area contributed by atoms with Gasteiger partial charge in [0.25, 0.3) is 11.8 Å². The lowest BCUT2D eigenvalue weighted by Gasteiger charge is -2.13. The minimum absolute atomic E-state index is 0.247. The second-order valence-electron chi connectivity index (χ2n) is 7.14. The average Bonchev–Trinajstić information content (AvgIpc) is 3.16. The molecule has 6 nitrogen and oxygen atoms in total. The van der Waals surface area contributed by atoms with Gasteiger partial charge in [0.15, 0.2) is 0 Å². The molecule has 2 heterocycles. The van der Waals surface area contributed by atoms with Gasteiger partial charge in [0.05, 0.1) is 11.4 Å². The molecule has 2 amide bonds. The number of carbonyl (C=O) groups excluding carboxylic acids is 2. The van der Waals surface area contributed by atoms with Gasteiger partial charge in [-0.05, 0) is 30.3 Å². The molecule has 0 saturated heterocycles. The van der Waals surface area contributed by atoms with Crippen LogP contribution >= 0.6 is 0 Å². The van der Waals surface area contributed by atoms with Gasteiger partial charge in [-0.25, -0.2) is 9.38 Å². The Hall–Kier alpha value is -4.26. The van der Waals surface area contributed by atoms with Gasteiger partial charge < -0.3 is 15.6 Å². The molecule has 0 radical (unpaired) electrons. The molecule has 0 spiro atoms. The number of anilines is 1. The largest absolute Gasteiger partial charge is 0.351 e. The number of carbonyl (C=O) groups is 2. The van der Waals surface area contributed by atoms with Crippen molar-refractivity contribution in [3.8, 4) is 0 Å². The van der Waals surface area contributed by atoms with Crippen molar-refractivity contribution in [1.82, 2.24) is 10.3 Å². The van der Waals surface area contributed by atoms with Crippen LogP contribution in [0.15, 0.2) is 83.9 Å². The van der Waals surface area contributed by atoms with E-state index in [-0.39, 0.29) is 11.3 Å². The number of aromatic nitrogens is 1. The van der Waals surface area contributed by atoms with E-state index in [0.717, 1.165) is 10.9 Å². The molecule has 0 unspecified atom stereocenters. The van der Waals surface area contributed by atoms with Crippen LogP contribution in [0.25, 0.3) is 10.9 Å². The molecule has 3 aromatic carbocycles. The predicted molar refractivity (Wildman–Crippen MR) is 117 cm³/mol. The maximum atomic E-state index is 14.6. The number of H-pyrrole nitrogens is 1. The van der Waals surface area contributed by atoms with Crippen LogP contribution in [0.3, 0.4) is 0 Å². The van der Waals surface area contributed by atoms with E-state index in [1.807, 2.05) is 24.3 Å². The predicted octanol–water partition coefficient (Wildman–Crippen LogP) is 3.85. The second-order valence-corrected chi connectivity index (χ2v) is 7.14. The Balaban J connectivity index is 1.55. The van der Waals surface area contributed by atoms with Crippen LogP contribution in [0.1, 0.15) is 21.6 Å². The lowest BCUT2D eigenvalue weighted by Crippen LogP contribution is -2.42. The van der Waals surface area contributed by atoms with Gasteiger partial charge in [0, 0.05) is 22.0 Å². The van der Waals surface area contributed by atoms with E-state index in [0.29, 0.717) is 16.9 Å². The highest BCUT2D eigenvalue weighted by Gasteiger charge is 2.28. The molecule has 0 bridgehead atoms. The Morgan fingerprint density at radius 3 is 2.45 bits per heavy atom. The summed E-state index contributed by atoms with van der Waals surface area (Å²) in [7, 11) is 0. The van der Waals surface area contributed by atoms with E-state index in [1.54, 1.807) is 48.5 Å². The molecule has 3 N–H and O–H groups in total. The van der Waals surface area contributed by atoms with E-state index in [4.69, 9.17) is 0 Å². The summed E-state index contributed by atoms with van der Waals surface area (Å²) in [6, 6.07) is 22.4. The quantitative estimate of drug-likeness (QED) is 0.477. The number of aliphatic imine (C=N–C) groups is 1. The highest BCUT2D eigenvalue weighted by atomic mass is 19.1. The summed E-state index contributed by atoms with van der Waals surface area (Å²) in [4.78, 5) is 33.2. The summed E-state index contributed by atoms with van der Waals surface area (Å²) in [5.74, 6) is -1.46. The number of hydrogen-bond acceptors (Lipinski definition) is 3. The Bertz CT molecular complexity index is 1330. The maximum absolute atomic E-state index is 14.6. The maximum Gasteiger partial charge on any atom is 0.269 e. The number of fused-ring (bicyclic) bond motifs is 2. The van der Waals surface area contributed by atoms with Gasteiger partial charge in [-0.15, -0.1) is 0 Å². The van der Waals surface area contributed by atoms with Crippen LogP contribution in [0.5, 0.6) is 0 Å². The molecular weight excluding hydrogens is 395 g/mol. The molecule has 0 aliphatic carbocycles. The summed E-state index contributed by atoms with van der Waals surface area (Å²) in [6.07, 6.45) is -1.24. The first-order chi connectivity index (χ1) is 15.1. The van der Waals surface area contributed by atoms with Crippen molar-refractivity contribution in [3.05, 3.63) is 102 Å². The summed E-state index contributed by atoms with van der Waals surface area (Å²) < 4.78 is 14.6. The van der Waals surface area contributed by atoms with Crippen LogP contribution in [-0.2, 0) is 4.79 Å². The second kappa shape index (κ2) is 7.53. The number of para-hydroxylation sites is 2. The molecule has 152 valence electrons. The van der Waals surface area contributed by atoms with Gasteiger partial charge >= 0.3 is 0 Å². The summed E-state index contributed by atoms with van der Waals surface area (Å²) in [5, 5.41) is 6.30. The van der Waals surface area contributed by atoms with E-state index >= 15 is 0 Å². The molecular formula is C24H17FN4O2. The highest BCUT2D eigenvalue weighted by molar-refractivity contribution is 6.20. The third kappa shape index (κ3) is 3.46. The van der Waals surface area contributed by atoms with E-state index < -0.39 is 23.8 Å². The molecule has 1 atom stereocenters. The molecule has 5 rings (SSSR count). The standard InChI is InChI=1S/C24H17FN4O2/c25-17-10-4-2-8-15(17)21-16-9-3-6-12-19(16)27-24(31)22(28-21)29-23(30)20-13-14-7-1-5-11-18(14)26-20/h1-13,22,26H,(H,27,31)(H,29,30)/t22-/m1/s1. The minimum atomic E-state index is -1.24. The summed E-state index contributed by atoms with van der Waals surface area (Å²) in [6.45, 7) is 0. The number of halogens is 1. The molecule has 1 aliphatic heterocycles. The first kappa shape index (κ1) is 18.7. The van der Waals surface area contributed by atoms with Crippen LogP contribution in [0.2, 0.25) is 0 Å². The van der Waals surface area contributed by atoms with Gasteiger partial charge in [-0.1, -0.05) is 48.5 Å². The number of nitrogens with one attached hydrogen (secondary N) is 3. The number of rotatable bonds is 3. The summed E-state index contributed by atoms with van der Waals surface area (Å²) >= 11 is 0. The van der Waals surface area contributed by atoms with Crippen LogP contribution in [0, 0.1) is 5.82 Å². The fraction of sp³-hybridized carbons (Fsp3) is 0.0417. The van der Waals surface area contributed by atoms with E-state index in [1.165, 1.54) is 6.07 Å². The Labute approximate surface area is 176 Å². The van der Waals surface area contributed by atoms with Crippen molar-refractivity contribution in [2.75, 3.05) is 5.32 Å². The number of benzodiazepines with no additional fused rings is 1. The van der Waals surface area contributed by atoms with Crippen LogP contribution < -0.4 is 10.6 Å². The van der Waals surface area contributed by atoms with Crippen LogP contribution in [-0.4, -0.2) is 28.7 Å². The van der Waals surface area contributed by atoms with Crippen molar-refractivity contribution in [1.29, 1.82) is 0 Å². The smallest absolute Gasteiger partial charge is 0.269 e. The molecule has 1 aliphatic rings. The first-order valence-corrected chi connectivity index (χ1v) is 9.72. The van der Waals surface area contributed by atoms with Gasteiger partial charge in [0.2, 0.25) is 6.17 Å². The third-order valence-electron chi connectivity index (χ3n) is 5.12. The lowest BCUT2D eigenvalue weighted by molar-refractivity contribution is -0.117. The van der Waals surface area contributed by atoms with Crippen molar-refractivity contribution >= 4 is 34.1 Å². The fourth-order valence-electron chi connectivity index (χ4n) is 3.62. The van der Waals surface area contributed by atoms with Crippen molar-refractivity contribution in [2.24, 2.45) is 4.99 Å². The monoisotopic (exact) mass is 412 g/mol. The topological polar surface area (TPSA) is 86.3 Å². The summed E-state index contributed by atoms with van der Waals surface area (Å²) in [5.41, 5.74) is 2.71. The number of aromatic amines is 1. The zero-order valence-corrected chi connectivity index (χ0v) is 16.2. The van der Waals surface area contributed by atoms with Gasteiger partial charge in [0.1, 0.15) is 11.5 Å². The first-order valence-electron chi connectivity index (χ1n) is 9.72. The Morgan fingerprint density at radius 2 is 1.65 bits per heavy atom. The highest BCUT2D eigenvalue weighted by Crippen LogP contribution is 2.25. The average molecular weight is 412 g/mol. The Morgan fingerprint density at radius 1 is 0.935 bits per heavy atom.